The maximum atomic E-state index is 3.61. The molecule has 2 aliphatic rings. The van der Waals surface area contributed by atoms with Gasteiger partial charge in [-0.25, -0.2) is 0 Å². The fraction of sp³-hybridized carbons (Fsp3) is 1.00. The first-order valence-corrected chi connectivity index (χ1v) is 7.69. The number of likely N-dealkylation sites (tertiary alicyclic amines) is 1. The highest BCUT2D eigenvalue weighted by Crippen LogP contribution is 2.30. The third-order valence-electron chi connectivity index (χ3n) is 4.82. The highest BCUT2D eigenvalue weighted by molar-refractivity contribution is 4.87. The van der Waals surface area contributed by atoms with Gasteiger partial charge in [0, 0.05) is 24.7 Å². The lowest BCUT2D eigenvalue weighted by molar-refractivity contribution is 0.0531. The zero-order valence-electron chi connectivity index (χ0n) is 11.9. The zero-order chi connectivity index (χ0) is 12.3. The van der Waals surface area contributed by atoms with E-state index in [0.717, 1.165) is 30.6 Å². The second-order valence-electron chi connectivity index (χ2n) is 6.29. The van der Waals surface area contributed by atoms with E-state index in [0.29, 0.717) is 0 Å². The minimum Gasteiger partial charge on any atom is -0.314 e. The van der Waals surface area contributed by atoms with E-state index in [4.69, 9.17) is 0 Å². The topological polar surface area (TPSA) is 15.3 Å². The van der Waals surface area contributed by atoms with Crippen molar-refractivity contribution in [3.05, 3.63) is 0 Å². The number of hydrogen-bond acceptors (Lipinski definition) is 2. The molecule has 2 nitrogen and oxygen atoms in total. The van der Waals surface area contributed by atoms with Gasteiger partial charge in [-0.15, -0.1) is 0 Å². The summed E-state index contributed by atoms with van der Waals surface area (Å²) >= 11 is 0. The Morgan fingerprint density at radius 3 is 2.35 bits per heavy atom. The lowest BCUT2D eigenvalue weighted by Crippen LogP contribution is -2.50. The predicted octanol–water partition coefficient (Wildman–Crippen LogP) is 3.03. The molecule has 0 aromatic rings. The van der Waals surface area contributed by atoms with Crippen LogP contribution in [0.1, 0.15) is 59.3 Å². The number of nitrogens with zero attached hydrogens (tertiary/aromatic N) is 1. The van der Waals surface area contributed by atoms with Gasteiger partial charge in [0.05, 0.1) is 0 Å². The normalized spacial score (nSPS) is 40.4. The summed E-state index contributed by atoms with van der Waals surface area (Å²) in [5, 5.41) is 3.61. The molecular formula is C15H30N2. The molecule has 2 fully saturated rings. The standard InChI is InChI=1S/C15H30N2/c1-4-16-14-7-9-15(10-8-14)17-11-12(2)5-6-13(17)3/h12-16H,4-11H2,1-3H3. The van der Waals surface area contributed by atoms with Crippen molar-refractivity contribution in [3.63, 3.8) is 0 Å². The zero-order valence-corrected chi connectivity index (χ0v) is 11.9. The van der Waals surface area contributed by atoms with E-state index < -0.39 is 0 Å². The highest BCUT2D eigenvalue weighted by atomic mass is 15.2. The Morgan fingerprint density at radius 2 is 1.71 bits per heavy atom. The van der Waals surface area contributed by atoms with Gasteiger partial charge in [-0.2, -0.15) is 0 Å². The molecule has 1 heterocycles. The lowest BCUT2D eigenvalue weighted by Gasteiger charge is -2.44. The maximum Gasteiger partial charge on any atom is 0.00993 e. The van der Waals surface area contributed by atoms with E-state index in [2.05, 4.69) is 31.0 Å². The molecule has 1 saturated heterocycles. The van der Waals surface area contributed by atoms with Crippen molar-refractivity contribution in [2.75, 3.05) is 13.1 Å². The van der Waals surface area contributed by atoms with Gasteiger partial charge in [-0.3, -0.25) is 4.90 Å². The Kier molecular flexibility index (Phi) is 4.87. The van der Waals surface area contributed by atoms with Crippen molar-refractivity contribution < 1.29 is 0 Å². The van der Waals surface area contributed by atoms with E-state index >= 15 is 0 Å². The van der Waals surface area contributed by atoms with E-state index in [9.17, 15) is 0 Å². The number of piperidine rings is 1. The first kappa shape index (κ1) is 13.4. The molecule has 0 radical (unpaired) electrons. The molecule has 0 bridgehead atoms. The van der Waals surface area contributed by atoms with Crippen LogP contribution in [0.2, 0.25) is 0 Å². The van der Waals surface area contributed by atoms with Crippen molar-refractivity contribution in [3.8, 4) is 0 Å². The van der Waals surface area contributed by atoms with Gasteiger partial charge in [-0.1, -0.05) is 13.8 Å². The molecule has 17 heavy (non-hydrogen) atoms. The molecule has 1 N–H and O–H groups in total. The maximum absolute atomic E-state index is 3.61. The van der Waals surface area contributed by atoms with Gasteiger partial charge < -0.3 is 5.32 Å². The van der Waals surface area contributed by atoms with E-state index in [1.807, 2.05) is 0 Å². The van der Waals surface area contributed by atoms with Gasteiger partial charge in [0.25, 0.3) is 0 Å². The monoisotopic (exact) mass is 238 g/mol. The molecular weight excluding hydrogens is 208 g/mol. The predicted molar refractivity (Wildman–Crippen MR) is 74.3 cm³/mol. The minimum atomic E-state index is 0.800. The van der Waals surface area contributed by atoms with Crippen molar-refractivity contribution in [1.29, 1.82) is 0 Å². The Hall–Kier alpha value is -0.0800. The summed E-state index contributed by atoms with van der Waals surface area (Å²) in [6, 6.07) is 2.50. The van der Waals surface area contributed by atoms with Crippen molar-refractivity contribution >= 4 is 0 Å². The molecule has 0 aromatic carbocycles. The molecule has 1 aliphatic carbocycles. The van der Waals surface area contributed by atoms with Crippen molar-refractivity contribution in [1.82, 2.24) is 10.2 Å². The van der Waals surface area contributed by atoms with Crippen LogP contribution in [0.4, 0.5) is 0 Å². The van der Waals surface area contributed by atoms with Crippen LogP contribution in [0.25, 0.3) is 0 Å². The average Bonchev–Trinajstić information content (AvgIpc) is 2.34. The molecule has 2 heteroatoms. The summed E-state index contributed by atoms with van der Waals surface area (Å²) in [6.07, 6.45) is 8.44. The van der Waals surface area contributed by atoms with Crippen LogP contribution in [0.3, 0.4) is 0 Å². The highest BCUT2D eigenvalue weighted by Gasteiger charge is 2.31. The molecule has 0 spiro atoms. The van der Waals surface area contributed by atoms with Gasteiger partial charge in [0.15, 0.2) is 0 Å². The Balaban J connectivity index is 1.82. The molecule has 2 atom stereocenters. The molecule has 0 aromatic heterocycles. The largest absolute Gasteiger partial charge is 0.314 e. The Labute approximate surface area is 107 Å². The fourth-order valence-corrected chi connectivity index (χ4v) is 3.73. The second-order valence-corrected chi connectivity index (χ2v) is 6.29. The van der Waals surface area contributed by atoms with Crippen LogP contribution >= 0.6 is 0 Å². The van der Waals surface area contributed by atoms with Crippen molar-refractivity contribution in [2.24, 2.45) is 5.92 Å². The number of rotatable bonds is 3. The fourth-order valence-electron chi connectivity index (χ4n) is 3.73. The van der Waals surface area contributed by atoms with Crippen LogP contribution in [0.5, 0.6) is 0 Å². The quantitative estimate of drug-likeness (QED) is 0.813. The third kappa shape index (κ3) is 3.45. The Bertz CT molecular complexity index is 221. The van der Waals surface area contributed by atoms with Crippen LogP contribution < -0.4 is 5.32 Å². The van der Waals surface area contributed by atoms with E-state index in [-0.39, 0.29) is 0 Å². The summed E-state index contributed by atoms with van der Waals surface area (Å²) in [5.74, 6) is 0.915. The molecule has 2 rings (SSSR count). The van der Waals surface area contributed by atoms with Gasteiger partial charge in [-0.05, 0) is 57.9 Å². The first-order chi connectivity index (χ1) is 8.20. The minimum absolute atomic E-state index is 0.800. The SMILES string of the molecule is CCNC1CCC(N2CC(C)CCC2C)CC1. The Morgan fingerprint density at radius 1 is 1.00 bits per heavy atom. The molecule has 1 saturated carbocycles. The lowest BCUT2D eigenvalue weighted by atomic mass is 9.86. The first-order valence-electron chi connectivity index (χ1n) is 7.69. The van der Waals surface area contributed by atoms with Crippen LogP contribution in [-0.2, 0) is 0 Å². The molecule has 100 valence electrons. The summed E-state index contributed by atoms with van der Waals surface area (Å²) in [7, 11) is 0. The second kappa shape index (κ2) is 6.19. The third-order valence-corrected chi connectivity index (χ3v) is 4.82. The molecule has 0 amide bonds. The van der Waals surface area contributed by atoms with E-state index in [1.54, 1.807) is 0 Å². The van der Waals surface area contributed by atoms with Gasteiger partial charge in [0.1, 0.15) is 0 Å². The van der Waals surface area contributed by atoms with Gasteiger partial charge >= 0.3 is 0 Å². The molecule has 1 aliphatic heterocycles. The van der Waals surface area contributed by atoms with Crippen LogP contribution in [-0.4, -0.2) is 36.1 Å². The van der Waals surface area contributed by atoms with Gasteiger partial charge in [0.2, 0.25) is 0 Å². The summed E-state index contributed by atoms with van der Waals surface area (Å²) in [6.45, 7) is 9.55. The van der Waals surface area contributed by atoms with E-state index in [1.165, 1.54) is 45.1 Å². The van der Waals surface area contributed by atoms with Crippen LogP contribution in [0, 0.1) is 5.92 Å². The summed E-state index contributed by atoms with van der Waals surface area (Å²) in [4.78, 5) is 2.82. The average molecular weight is 238 g/mol. The molecule has 2 unspecified atom stereocenters. The van der Waals surface area contributed by atoms with Crippen molar-refractivity contribution in [2.45, 2.75) is 77.4 Å². The summed E-state index contributed by atoms with van der Waals surface area (Å²) in [5.41, 5.74) is 0. The number of hydrogen-bond donors (Lipinski definition) is 1. The smallest absolute Gasteiger partial charge is 0.00993 e. The summed E-state index contributed by atoms with van der Waals surface area (Å²) < 4.78 is 0. The van der Waals surface area contributed by atoms with Crippen LogP contribution in [0.15, 0.2) is 0 Å². The number of nitrogens with one attached hydrogen (secondary N) is 1.